The van der Waals surface area contributed by atoms with Crippen LogP contribution in [0.4, 0.5) is 5.82 Å². The van der Waals surface area contributed by atoms with Gasteiger partial charge in [-0.25, -0.2) is 9.97 Å². The first-order chi connectivity index (χ1) is 12.1. The second kappa shape index (κ2) is 8.34. The van der Waals surface area contributed by atoms with E-state index in [0.717, 1.165) is 10.6 Å². The lowest BCUT2D eigenvalue weighted by molar-refractivity contribution is 0.102. The number of amides is 1. The van der Waals surface area contributed by atoms with Crippen molar-refractivity contribution in [2.75, 3.05) is 5.32 Å². The topological polar surface area (TPSA) is 54.9 Å². The standard InChI is InChI=1S/C18H13Cl2N3OS/c19-13-6-4-7-14(20)17(13)25-11-12-5-3-8-15(22-12)18(24)23-16-9-1-2-10-21-16/h1-10H,11H2,(H,21,23,24). The largest absolute Gasteiger partial charge is 0.305 e. The van der Waals surface area contributed by atoms with Crippen LogP contribution in [0, 0.1) is 0 Å². The van der Waals surface area contributed by atoms with Gasteiger partial charge in [-0.3, -0.25) is 4.79 Å². The van der Waals surface area contributed by atoms with E-state index in [-0.39, 0.29) is 5.91 Å². The first-order valence-corrected chi connectivity index (χ1v) is 9.13. The van der Waals surface area contributed by atoms with Gasteiger partial charge in [-0.1, -0.05) is 41.4 Å². The van der Waals surface area contributed by atoms with Gasteiger partial charge in [-0.15, -0.1) is 11.8 Å². The Hall–Kier alpha value is -2.08. The van der Waals surface area contributed by atoms with E-state index >= 15 is 0 Å². The Bertz CT molecular complexity index is 870. The summed E-state index contributed by atoms with van der Waals surface area (Å²) in [6.07, 6.45) is 1.61. The summed E-state index contributed by atoms with van der Waals surface area (Å²) in [7, 11) is 0. The summed E-state index contributed by atoms with van der Waals surface area (Å²) >= 11 is 13.8. The van der Waals surface area contributed by atoms with Crippen molar-refractivity contribution >= 4 is 46.7 Å². The van der Waals surface area contributed by atoms with Crippen molar-refractivity contribution < 1.29 is 4.79 Å². The molecule has 126 valence electrons. The molecule has 0 atom stereocenters. The lowest BCUT2D eigenvalue weighted by atomic mass is 10.3. The Labute approximate surface area is 159 Å². The number of nitrogens with one attached hydrogen (secondary N) is 1. The highest BCUT2D eigenvalue weighted by Crippen LogP contribution is 2.35. The molecule has 0 aliphatic heterocycles. The van der Waals surface area contributed by atoms with Gasteiger partial charge >= 0.3 is 0 Å². The van der Waals surface area contributed by atoms with Gasteiger partial charge in [0, 0.05) is 16.8 Å². The predicted molar refractivity (Wildman–Crippen MR) is 102 cm³/mol. The zero-order valence-corrected chi connectivity index (χ0v) is 15.3. The van der Waals surface area contributed by atoms with E-state index in [0.29, 0.717) is 27.3 Å². The van der Waals surface area contributed by atoms with E-state index in [1.54, 1.807) is 54.7 Å². The summed E-state index contributed by atoms with van der Waals surface area (Å²) in [6, 6.07) is 16.0. The molecule has 2 aromatic heterocycles. The summed E-state index contributed by atoms with van der Waals surface area (Å²) in [5.74, 6) is 0.729. The Balaban J connectivity index is 1.70. The second-order valence-electron chi connectivity index (χ2n) is 5.02. The number of halogens is 2. The quantitative estimate of drug-likeness (QED) is 0.599. The van der Waals surface area contributed by atoms with Crippen LogP contribution in [0.5, 0.6) is 0 Å². The van der Waals surface area contributed by atoms with E-state index in [4.69, 9.17) is 23.2 Å². The first kappa shape index (κ1) is 17.7. The predicted octanol–water partition coefficient (Wildman–Crippen LogP) is 5.33. The molecular weight excluding hydrogens is 377 g/mol. The molecule has 1 aromatic carbocycles. The number of hydrogen-bond donors (Lipinski definition) is 1. The molecule has 0 saturated heterocycles. The van der Waals surface area contributed by atoms with Crippen molar-refractivity contribution in [3.63, 3.8) is 0 Å². The fraction of sp³-hybridized carbons (Fsp3) is 0.0556. The number of nitrogens with zero attached hydrogens (tertiary/aromatic N) is 2. The van der Waals surface area contributed by atoms with Crippen molar-refractivity contribution in [2.45, 2.75) is 10.6 Å². The van der Waals surface area contributed by atoms with Crippen LogP contribution in [-0.2, 0) is 5.75 Å². The van der Waals surface area contributed by atoms with Gasteiger partial charge in [0.15, 0.2) is 0 Å². The van der Waals surface area contributed by atoms with Gasteiger partial charge in [0.25, 0.3) is 5.91 Å². The first-order valence-electron chi connectivity index (χ1n) is 7.38. The Kier molecular flexibility index (Phi) is 5.91. The Morgan fingerprint density at radius 1 is 1.00 bits per heavy atom. The van der Waals surface area contributed by atoms with Crippen molar-refractivity contribution in [2.24, 2.45) is 0 Å². The number of thioether (sulfide) groups is 1. The summed E-state index contributed by atoms with van der Waals surface area (Å²) in [4.78, 5) is 21.6. The van der Waals surface area contributed by atoms with Crippen LogP contribution in [-0.4, -0.2) is 15.9 Å². The number of anilines is 1. The fourth-order valence-corrected chi connectivity index (χ4v) is 3.66. The molecule has 0 fully saturated rings. The number of benzene rings is 1. The highest BCUT2D eigenvalue weighted by atomic mass is 35.5. The smallest absolute Gasteiger partial charge is 0.275 e. The van der Waals surface area contributed by atoms with E-state index < -0.39 is 0 Å². The fourth-order valence-electron chi connectivity index (χ4n) is 2.07. The van der Waals surface area contributed by atoms with Crippen LogP contribution in [0.2, 0.25) is 10.0 Å². The molecule has 0 spiro atoms. The molecule has 3 aromatic rings. The highest BCUT2D eigenvalue weighted by molar-refractivity contribution is 7.98. The number of carbonyl (C=O) groups excluding carboxylic acids is 1. The minimum atomic E-state index is -0.304. The van der Waals surface area contributed by atoms with E-state index in [9.17, 15) is 4.79 Å². The molecule has 1 N–H and O–H groups in total. The maximum Gasteiger partial charge on any atom is 0.275 e. The highest BCUT2D eigenvalue weighted by Gasteiger charge is 2.11. The molecule has 1 amide bonds. The summed E-state index contributed by atoms with van der Waals surface area (Å²) in [5.41, 5.74) is 1.09. The second-order valence-corrected chi connectivity index (χ2v) is 6.82. The molecule has 25 heavy (non-hydrogen) atoms. The monoisotopic (exact) mass is 389 g/mol. The molecule has 0 unspecified atom stereocenters. The minimum absolute atomic E-state index is 0.304. The average molecular weight is 390 g/mol. The Morgan fingerprint density at radius 3 is 2.48 bits per heavy atom. The van der Waals surface area contributed by atoms with Gasteiger partial charge in [0.05, 0.1) is 15.7 Å². The SMILES string of the molecule is O=C(Nc1ccccn1)c1cccc(CSc2c(Cl)cccc2Cl)n1. The normalized spacial score (nSPS) is 10.5. The molecule has 7 heteroatoms. The van der Waals surface area contributed by atoms with Crippen LogP contribution in [0.25, 0.3) is 0 Å². The molecule has 4 nitrogen and oxygen atoms in total. The maximum atomic E-state index is 12.3. The van der Waals surface area contributed by atoms with Gasteiger partial charge in [-0.2, -0.15) is 0 Å². The van der Waals surface area contributed by atoms with Crippen LogP contribution < -0.4 is 5.32 Å². The van der Waals surface area contributed by atoms with Crippen molar-refractivity contribution in [3.05, 3.63) is 82.2 Å². The number of aromatic nitrogens is 2. The lowest BCUT2D eigenvalue weighted by Crippen LogP contribution is -2.15. The van der Waals surface area contributed by atoms with Crippen LogP contribution in [0.3, 0.4) is 0 Å². The number of rotatable bonds is 5. The minimum Gasteiger partial charge on any atom is -0.305 e. The molecule has 0 aliphatic rings. The van der Waals surface area contributed by atoms with Gasteiger partial charge in [0.2, 0.25) is 0 Å². The number of hydrogen-bond acceptors (Lipinski definition) is 4. The van der Waals surface area contributed by atoms with Crippen LogP contribution in [0.1, 0.15) is 16.2 Å². The van der Waals surface area contributed by atoms with Crippen molar-refractivity contribution in [1.82, 2.24) is 9.97 Å². The van der Waals surface area contributed by atoms with Crippen molar-refractivity contribution in [1.29, 1.82) is 0 Å². The Morgan fingerprint density at radius 2 is 1.76 bits per heavy atom. The molecular formula is C18H13Cl2N3OS. The molecule has 0 radical (unpaired) electrons. The summed E-state index contributed by atoms with van der Waals surface area (Å²) < 4.78 is 0. The molecule has 2 heterocycles. The third-order valence-electron chi connectivity index (χ3n) is 3.23. The molecule has 0 saturated carbocycles. The van der Waals surface area contributed by atoms with E-state index in [1.165, 1.54) is 11.8 Å². The van der Waals surface area contributed by atoms with Crippen LogP contribution in [0.15, 0.2) is 65.7 Å². The van der Waals surface area contributed by atoms with Crippen molar-refractivity contribution in [3.8, 4) is 0 Å². The third-order valence-corrected chi connectivity index (χ3v) is 5.25. The van der Waals surface area contributed by atoms with Crippen LogP contribution >= 0.6 is 35.0 Å². The number of carbonyl (C=O) groups is 1. The van der Waals surface area contributed by atoms with Gasteiger partial charge < -0.3 is 5.32 Å². The van der Waals surface area contributed by atoms with Gasteiger partial charge in [-0.05, 0) is 36.4 Å². The van der Waals surface area contributed by atoms with Gasteiger partial charge in [0.1, 0.15) is 11.5 Å². The zero-order valence-electron chi connectivity index (χ0n) is 12.9. The zero-order chi connectivity index (χ0) is 17.6. The molecule has 3 rings (SSSR count). The molecule has 0 aliphatic carbocycles. The molecule has 0 bridgehead atoms. The third kappa shape index (κ3) is 4.72. The van der Waals surface area contributed by atoms with E-state index in [2.05, 4.69) is 15.3 Å². The maximum absolute atomic E-state index is 12.3. The lowest BCUT2D eigenvalue weighted by Gasteiger charge is -2.08. The summed E-state index contributed by atoms with van der Waals surface area (Å²) in [6.45, 7) is 0. The number of pyridine rings is 2. The summed E-state index contributed by atoms with van der Waals surface area (Å²) in [5, 5.41) is 3.91. The van der Waals surface area contributed by atoms with E-state index in [1.807, 2.05) is 6.07 Å². The average Bonchev–Trinajstić information content (AvgIpc) is 2.62.